The van der Waals surface area contributed by atoms with Crippen molar-refractivity contribution in [2.75, 3.05) is 32.4 Å². The van der Waals surface area contributed by atoms with Crippen LogP contribution in [0.25, 0.3) is 6.08 Å². The number of nitrogens with one attached hydrogen (secondary N) is 1. The van der Waals surface area contributed by atoms with Crippen LogP contribution in [0, 0.1) is 6.92 Å². The Morgan fingerprint density at radius 1 is 0.861 bits per heavy atom. The van der Waals surface area contributed by atoms with E-state index in [9.17, 15) is 9.59 Å². The highest BCUT2D eigenvalue weighted by Crippen LogP contribution is 2.34. The lowest BCUT2D eigenvalue weighted by Gasteiger charge is -2.27. The van der Waals surface area contributed by atoms with E-state index in [1.807, 2.05) is 37.3 Å². The Bertz CT molecular complexity index is 1320. The molecule has 8 nitrogen and oxygen atoms in total. The summed E-state index contributed by atoms with van der Waals surface area (Å²) in [5.41, 5.74) is 3.09. The molecule has 2 aliphatic heterocycles. The molecule has 0 radical (unpaired) electrons. The van der Waals surface area contributed by atoms with Gasteiger partial charge in [0.1, 0.15) is 19.3 Å². The lowest BCUT2D eigenvalue weighted by atomic mass is 10.0. The van der Waals surface area contributed by atoms with E-state index in [2.05, 4.69) is 5.32 Å². The Balaban J connectivity index is 1.37. The van der Waals surface area contributed by atoms with Crippen LogP contribution in [0.4, 0.5) is 5.69 Å². The smallest absolute Gasteiger partial charge is 0.251 e. The van der Waals surface area contributed by atoms with Crippen LogP contribution in [-0.4, -0.2) is 43.8 Å². The molecule has 0 fully saturated rings. The van der Waals surface area contributed by atoms with E-state index in [1.54, 1.807) is 43.5 Å². The minimum atomic E-state index is -0.854. The maximum Gasteiger partial charge on any atom is 0.251 e. The molecule has 1 N–H and O–H groups in total. The normalized spacial score (nSPS) is 14.4. The Kier molecular flexibility index (Phi) is 6.49. The molecule has 8 heteroatoms. The number of fused-ring (bicyclic) bond motifs is 2. The summed E-state index contributed by atoms with van der Waals surface area (Å²) in [5, 5.41) is 2.92. The second-order valence-corrected chi connectivity index (χ2v) is 8.56. The standard InChI is InChI=1S/C28H26N2O6/c1-18-3-7-20(8-4-18)27(28(32)29-21-9-11-22-25(16-21)34-14-13-33-22)30(2)26(31)12-6-19-5-10-23-24(15-19)36-17-35-23/h3-12,15-16,27H,13-14,17H2,1-2H3,(H,29,32)/b12-6+. The topological polar surface area (TPSA) is 86.3 Å². The van der Waals surface area contributed by atoms with Crippen LogP contribution in [0.3, 0.4) is 0 Å². The lowest BCUT2D eigenvalue weighted by Crippen LogP contribution is -2.38. The molecule has 2 amide bonds. The zero-order chi connectivity index (χ0) is 25.1. The summed E-state index contributed by atoms with van der Waals surface area (Å²) in [6.45, 7) is 3.09. The highest BCUT2D eigenvalue weighted by Gasteiger charge is 2.28. The van der Waals surface area contributed by atoms with E-state index in [0.717, 1.165) is 11.1 Å². The zero-order valence-corrected chi connectivity index (χ0v) is 20.0. The maximum absolute atomic E-state index is 13.5. The zero-order valence-electron chi connectivity index (χ0n) is 20.0. The van der Waals surface area contributed by atoms with Crippen LogP contribution < -0.4 is 24.3 Å². The van der Waals surface area contributed by atoms with Crippen molar-refractivity contribution in [1.29, 1.82) is 0 Å². The molecule has 3 aromatic carbocycles. The quantitative estimate of drug-likeness (QED) is 0.522. The number of likely N-dealkylation sites (N-methyl/N-ethyl adjacent to an activating group) is 1. The third-order valence-corrected chi connectivity index (χ3v) is 6.00. The Morgan fingerprint density at radius 3 is 2.33 bits per heavy atom. The second-order valence-electron chi connectivity index (χ2n) is 8.56. The van der Waals surface area contributed by atoms with Crippen molar-refractivity contribution in [3.05, 3.63) is 83.4 Å². The Morgan fingerprint density at radius 2 is 1.53 bits per heavy atom. The molecule has 1 unspecified atom stereocenters. The predicted octanol–water partition coefficient (Wildman–Crippen LogP) is 4.35. The van der Waals surface area contributed by atoms with Gasteiger partial charge in [0.15, 0.2) is 23.0 Å². The molecule has 3 aromatic rings. The van der Waals surface area contributed by atoms with Crippen LogP contribution in [0.5, 0.6) is 23.0 Å². The van der Waals surface area contributed by atoms with Gasteiger partial charge in [-0.1, -0.05) is 35.9 Å². The van der Waals surface area contributed by atoms with Gasteiger partial charge in [-0.2, -0.15) is 0 Å². The number of carbonyl (C=O) groups is 2. The van der Waals surface area contributed by atoms with Crippen LogP contribution in [0.2, 0.25) is 0 Å². The molecule has 0 aromatic heterocycles. The minimum Gasteiger partial charge on any atom is -0.486 e. The summed E-state index contributed by atoms with van der Waals surface area (Å²) in [5.74, 6) is 1.84. The molecule has 5 rings (SSSR count). The van der Waals surface area contributed by atoms with Gasteiger partial charge in [0.2, 0.25) is 12.7 Å². The number of amides is 2. The van der Waals surface area contributed by atoms with Crippen molar-refractivity contribution in [2.45, 2.75) is 13.0 Å². The number of hydrogen-bond donors (Lipinski definition) is 1. The van der Waals surface area contributed by atoms with Gasteiger partial charge >= 0.3 is 0 Å². The first kappa shape index (κ1) is 23.3. The van der Waals surface area contributed by atoms with Crippen LogP contribution in [0.15, 0.2) is 66.7 Å². The fourth-order valence-corrected chi connectivity index (χ4v) is 4.06. The summed E-state index contributed by atoms with van der Waals surface area (Å²) >= 11 is 0. The molecule has 0 saturated heterocycles. The number of rotatable bonds is 6. The van der Waals surface area contributed by atoms with E-state index < -0.39 is 6.04 Å². The Hall–Kier alpha value is -4.46. The van der Waals surface area contributed by atoms with Gasteiger partial charge in [-0.25, -0.2) is 0 Å². The Labute approximate surface area is 209 Å². The molecule has 2 aliphatic rings. The minimum absolute atomic E-state index is 0.181. The van der Waals surface area contributed by atoms with E-state index in [-0.39, 0.29) is 18.6 Å². The first-order valence-electron chi connectivity index (χ1n) is 11.6. The first-order valence-corrected chi connectivity index (χ1v) is 11.6. The molecule has 184 valence electrons. The maximum atomic E-state index is 13.5. The van der Waals surface area contributed by atoms with Gasteiger partial charge in [0.25, 0.3) is 5.91 Å². The lowest BCUT2D eigenvalue weighted by molar-refractivity contribution is -0.133. The van der Waals surface area contributed by atoms with Gasteiger partial charge in [0, 0.05) is 24.9 Å². The average molecular weight is 487 g/mol. The number of carbonyl (C=O) groups excluding carboxylic acids is 2. The van der Waals surface area contributed by atoms with Crippen LogP contribution in [-0.2, 0) is 9.59 Å². The van der Waals surface area contributed by atoms with E-state index in [0.29, 0.717) is 47.5 Å². The average Bonchev–Trinajstić information content (AvgIpc) is 3.36. The van der Waals surface area contributed by atoms with Crippen molar-refractivity contribution in [3.63, 3.8) is 0 Å². The molecule has 2 heterocycles. The van der Waals surface area contributed by atoms with Gasteiger partial charge < -0.3 is 29.2 Å². The fourth-order valence-electron chi connectivity index (χ4n) is 4.06. The largest absolute Gasteiger partial charge is 0.486 e. The van der Waals surface area contributed by atoms with Crippen molar-refractivity contribution in [3.8, 4) is 23.0 Å². The highest BCUT2D eigenvalue weighted by atomic mass is 16.7. The summed E-state index contributed by atoms with van der Waals surface area (Å²) in [6, 6.07) is 17.4. The summed E-state index contributed by atoms with van der Waals surface area (Å²) < 4.78 is 21.9. The van der Waals surface area contributed by atoms with Crippen LogP contribution >= 0.6 is 0 Å². The SMILES string of the molecule is Cc1ccc(C(C(=O)Nc2ccc3c(c2)OCCO3)N(C)C(=O)/C=C/c2ccc3c(c2)OCO3)cc1. The molecule has 0 saturated carbocycles. The molecular weight excluding hydrogens is 460 g/mol. The second kappa shape index (κ2) is 10.0. The number of benzene rings is 3. The van der Waals surface area contributed by atoms with Crippen molar-refractivity contribution >= 4 is 23.6 Å². The van der Waals surface area contributed by atoms with Crippen molar-refractivity contribution in [2.24, 2.45) is 0 Å². The van der Waals surface area contributed by atoms with Gasteiger partial charge in [-0.15, -0.1) is 0 Å². The van der Waals surface area contributed by atoms with Crippen molar-refractivity contribution in [1.82, 2.24) is 4.90 Å². The molecule has 0 aliphatic carbocycles. The van der Waals surface area contributed by atoms with Crippen LogP contribution in [0.1, 0.15) is 22.7 Å². The van der Waals surface area contributed by atoms with Gasteiger partial charge in [-0.05, 0) is 48.4 Å². The van der Waals surface area contributed by atoms with E-state index in [4.69, 9.17) is 18.9 Å². The first-order chi connectivity index (χ1) is 17.5. The molecule has 1 atom stereocenters. The number of nitrogens with zero attached hydrogens (tertiary/aromatic N) is 1. The highest BCUT2D eigenvalue weighted by molar-refractivity contribution is 6.00. The monoisotopic (exact) mass is 486 g/mol. The third kappa shape index (κ3) is 4.98. The van der Waals surface area contributed by atoms with E-state index in [1.165, 1.54) is 11.0 Å². The van der Waals surface area contributed by atoms with Crippen molar-refractivity contribution < 1.29 is 28.5 Å². The molecule has 0 spiro atoms. The predicted molar refractivity (Wildman–Crippen MR) is 134 cm³/mol. The van der Waals surface area contributed by atoms with Gasteiger partial charge in [-0.3, -0.25) is 9.59 Å². The summed E-state index contributed by atoms with van der Waals surface area (Å²) in [7, 11) is 1.61. The van der Waals surface area contributed by atoms with E-state index >= 15 is 0 Å². The molecule has 0 bridgehead atoms. The number of anilines is 1. The molecular formula is C28H26N2O6. The third-order valence-electron chi connectivity index (χ3n) is 6.00. The fraction of sp³-hybridized carbons (Fsp3) is 0.214. The van der Waals surface area contributed by atoms with Gasteiger partial charge in [0.05, 0.1) is 0 Å². The summed E-state index contributed by atoms with van der Waals surface area (Å²) in [6.07, 6.45) is 3.13. The number of ether oxygens (including phenoxy) is 4. The summed E-state index contributed by atoms with van der Waals surface area (Å²) in [4.78, 5) is 28.0. The molecule has 36 heavy (non-hydrogen) atoms. The number of aryl methyl sites for hydroxylation is 1. The number of hydrogen-bond acceptors (Lipinski definition) is 6.